The van der Waals surface area contributed by atoms with Crippen LogP contribution < -0.4 is 10.3 Å². The molecule has 0 aliphatic carbocycles. The van der Waals surface area contributed by atoms with Crippen LogP contribution in [0.2, 0.25) is 5.02 Å². The predicted octanol–water partition coefficient (Wildman–Crippen LogP) is 2.59. The summed E-state index contributed by atoms with van der Waals surface area (Å²) in [4.78, 5) is 12.0. The van der Waals surface area contributed by atoms with Crippen molar-refractivity contribution in [2.24, 2.45) is 0 Å². The largest absolute Gasteiger partial charge is 0.490 e. The van der Waals surface area contributed by atoms with Crippen LogP contribution in [-0.2, 0) is 0 Å². The minimum absolute atomic E-state index is 0.0485. The Morgan fingerprint density at radius 1 is 1.33 bits per heavy atom. The number of halogens is 1. The molecule has 0 saturated heterocycles. The molecule has 1 aromatic carbocycles. The third kappa shape index (κ3) is 2.38. The molecule has 0 aliphatic heterocycles. The molecule has 0 bridgehead atoms. The summed E-state index contributed by atoms with van der Waals surface area (Å²) in [5.41, 5.74) is 1.41. The molecule has 18 heavy (non-hydrogen) atoms. The van der Waals surface area contributed by atoms with Crippen LogP contribution in [0, 0.1) is 6.92 Å². The van der Waals surface area contributed by atoms with Gasteiger partial charge in [-0.1, -0.05) is 29.3 Å². The molecule has 2 aromatic rings. The van der Waals surface area contributed by atoms with Gasteiger partial charge in [-0.3, -0.25) is 4.79 Å². The zero-order valence-corrected chi connectivity index (χ0v) is 10.9. The number of rotatable bonds is 3. The first-order chi connectivity index (χ1) is 8.63. The van der Waals surface area contributed by atoms with E-state index < -0.39 is 0 Å². The lowest BCUT2D eigenvalue weighted by molar-refractivity contribution is 0.337. The molecule has 0 aliphatic rings. The van der Waals surface area contributed by atoms with Gasteiger partial charge in [0.15, 0.2) is 10.8 Å². The first kappa shape index (κ1) is 12.6. The van der Waals surface area contributed by atoms with Crippen LogP contribution in [0.4, 0.5) is 0 Å². The monoisotopic (exact) mass is 264 g/mol. The average molecular weight is 265 g/mol. The molecule has 4 nitrogen and oxygen atoms in total. The van der Waals surface area contributed by atoms with E-state index in [2.05, 4.69) is 5.10 Å². The number of aryl methyl sites for hydroxylation is 1. The Kier molecular flexibility index (Phi) is 3.67. The molecule has 0 saturated carbocycles. The van der Waals surface area contributed by atoms with Crippen molar-refractivity contribution in [2.45, 2.75) is 13.8 Å². The van der Waals surface area contributed by atoms with Crippen molar-refractivity contribution in [2.75, 3.05) is 6.61 Å². The van der Waals surface area contributed by atoms with Gasteiger partial charge < -0.3 is 4.74 Å². The maximum atomic E-state index is 12.0. The second-order valence-corrected chi connectivity index (χ2v) is 4.19. The molecule has 2 rings (SSSR count). The number of ether oxygens (including phenoxy) is 1. The van der Waals surface area contributed by atoms with Gasteiger partial charge in [0.2, 0.25) is 0 Å². The fourth-order valence-electron chi connectivity index (χ4n) is 1.54. The molecule has 1 aromatic heterocycles. The molecule has 0 unspecified atom stereocenters. The molecule has 94 valence electrons. The van der Waals surface area contributed by atoms with Crippen LogP contribution >= 0.6 is 11.6 Å². The van der Waals surface area contributed by atoms with Crippen molar-refractivity contribution in [3.05, 3.63) is 51.4 Å². The van der Waals surface area contributed by atoms with Gasteiger partial charge in [0.25, 0.3) is 5.56 Å². The highest BCUT2D eigenvalue weighted by Crippen LogP contribution is 2.19. The summed E-state index contributed by atoms with van der Waals surface area (Å²) in [7, 11) is 0. The van der Waals surface area contributed by atoms with Gasteiger partial charge in [-0.25, -0.2) is 0 Å². The first-order valence-corrected chi connectivity index (χ1v) is 5.99. The van der Waals surface area contributed by atoms with Crippen molar-refractivity contribution in [1.82, 2.24) is 9.78 Å². The summed E-state index contributed by atoms with van der Waals surface area (Å²) in [6.45, 7) is 4.24. The number of nitrogens with zero attached hydrogens (tertiary/aromatic N) is 2. The normalized spacial score (nSPS) is 10.4. The highest BCUT2D eigenvalue weighted by atomic mass is 35.5. The van der Waals surface area contributed by atoms with Crippen LogP contribution in [-0.4, -0.2) is 16.4 Å². The minimum Gasteiger partial charge on any atom is -0.490 e. The topological polar surface area (TPSA) is 44.1 Å². The minimum atomic E-state index is -0.383. The van der Waals surface area contributed by atoms with E-state index in [1.165, 1.54) is 10.9 Å². The number of aromatic nitrogens is 2. The molecular formula is C13H13ClN2O2. The Hall–Kier alpha value is -1.81. The summed E-state index contributed by atoms with van der Waals surface area (Å²) >= 11 is 5.96. The van der Waals surface area contributed by atoms with Gasteiger partial charge in [-0.05, 0) is 26.0 Å². The Labute approximate surface area is 110 Å². The maximum absolute atomic E-state index is 12.0. The standard InChI is InChI=1S/C13H13ClN2O2/c1-3-18-11-8-15-16(13(17)12(11)14)10-6-4-9(2)5-7-10/h4-8H,3H2,1-2H3. The van der Waals surface area contributed by atoms with E-state index in [1.54, 1.807) is 0 Å². The zero-order valence-electron chi connectivity index (χ0n) is 10.2. The third-order valence-electron chi connectivity index (χ3n) is 2.47. The predicted molar refractivity (Wildman–Crippen MR) is 70.8 cm³/mol. The van der Waals surface area contributed by atoms with Crippen LogP contribution in [0.3, 0.4) is 0 Å². The lowest BCUT2D eigenvalue weighted by Gasteiger charge is -2.08. The first-order valence-electron chi connectivity index (χ1n) is 5.61. The summed E-state index contributed by atoms with van der Waals surface area (Å²) in [6, 6.07) is 7.46. The second kappa shape index (κ2) is 5.23. The molecule has 0 radical (unpaired) electrons. The van der Waals surface area contributed by atoms with Gasteiger partial charge in [-0.2, -0.15) is 9.78 Å². The summed E-state index contributed by atoms with van der Waals surface area (Å²) in [5, 5.41) is 4.10. The molecule has 0 amide bonds. The van der Waals surface area contributed by atoms with E-state index >= 15 is 0 Å². The van der Waals surface area contributed by atoms with Crippen molar-refractivity contribution in [3.8, 4) is 11.4 Å². The van der Waals surface area contributed by atoms with Gasteiger partial charge in [0.1, 0.15) is 0 Å². The fraction of sp³-hybridized carbons (Fsp3) is 0.231. The smallest absolute Gasteiger partial charge is 0.294 e. The summed E-state index contributed by atoms with van der Waals surface area (Å²) in [5.74, 6) is 0.313. The van der Waals surface area contributed by atoms with E-state index in [1.807, 2.05) is 38.1 Å². The molecular weight excluding hydrogens is 252 g/mol. The van der Waals surface area contributed by atoms with Crippen LogP contribution in [0.25, 0.3) is 5.69 Å². The molecule has 0 N–H and O–H groups in total. The average Bonchev–Trinajstić information content (AvgIpc) is 2.37. The molecule has 0 fully saturated rings. The van der Waals surface area contributed by atoms with Crippen molar-refractivity contribution in [3.63, 3.8) is 0 Å². The van der Waals surface area contributed by atoms with Crippen LogP contribution in [0.5, 0.6) is 5.75 Å². The van der Waals surface area contributed by atoms with E-state index in [0.717, 1.165) is 5.56 Å². The summed E-state index contributed by atoms with van der Waals surface area (Å²) in [6.07, 6.45) is 1.45. The molecule has 0 atom stereocenters. The van der Waals surface area contributed by atoms with Crippen LogP contribution in [0.15, 0.2) is 35.3 Å². The highest BCUT2D eigenvalue weighted by Gasteiger charge is 2.11. The lowest BCUT2D eigenvalue weighted by Crippen LogP contribution is -2.22. The molecule has 1 heterocycles. The number of benzene rings is 1. The Bertz CT molecular complexity index is 605. The Morgan fingerprint density at radius 3 is 2.61 bits per heavy atom. The maximum Gasteiger partial charge on any atom is 0.294 e. The Morgan fingerprint density at radius 2 is 2.00 bits per heavy atom. The van der Waals surface area contributed by atoms with E-state index in [9.17, 15) is 4.79 Å². The second-order valence-electron chi connectivity index (χ2n) is 3.81. The van der Waals surface area contributed by atoms with Crippen molar-refractivity contribution < 1.29 is 4.74 Å². The van der Waals surface area contributed by atoms with E-state index in [0.29, 0.717) is 18.0 Å². The third-order valence-corrected chi connectivity index (χ3v) is 2.81. The quantitative estimate of drug-likeness (QED) is 0.856. The van der Waals surface area contributed by atoms with Gasteiger partial charge >= 0.3 is 0 Å². The number of hydrogen-bond acceptors (Lipinski definition) is 3. The molecule has 0 spiro atoms. The Balaban J connectivity index is 2.50. The van der Waals surface area contributed by atoms with Gasteiger partial charge in [0.05, 0.1) is 18.5 Å². The SMILES string of the molecule is CCOc1cnn(-c2ccc(C)cc2)c(=O)c1Cl. The van der Waals surface area contributed by atoms with Crippen molar-refractivity contribution in [1.29, 1.82) is 0 Å². The lowest BCUT2D eigenvalue weighted by atomic mass is 10.2. The van der Waals surface area contributed by atoms with E-state index in [-0.39, 0.29) is 10.6 Å². The fourth-order valence-corrected chi connectivity index (χ4v) is 1.73. The van der Waals surface area contributed by atoms with E-state index in [4.69, 9.17) is 16.3 Å². The molecule has 5 heteroatoms. The number of hydrogen-bond donors (Lipinski definition) is 0. The van der Waals surface area contributed by atoms with Gasteiger partial charge in [0, 0.05) is 0 Å². The van der Waals surface area contributed by atoms with Crippen LogP contribution in [0.1, 0.15) is 12.5 Å². The zero-order chi connectivity index (χ0) is 13.1. The highest BCUT2D eigenvalue weighted by molar-refractivity contribution is 6.31. The van der Waals surface area contributed by atoms with Gasteiger partial charge in [-0.15, -0.1) is 0 Å². The van der Waals surface area contributed by atoms with Crippen molar-refractivity contribution >= 4 is 11.6 Å². The summed E-state index contributed by atoms with van der Waals surface area (Å²) < 4.78 is 6.47.